The monoisotopic (exact) mass is 206 g/mol. The van der Waals surface area contributed by atoms with Gasteiger partial charge in [0.25, 0.3) is 0 Å². The highest BCUT2D eigenvalue weighted by Crippen LogP contribution is 2.22. The average Bonchev–Trinajstić information content (AvgIpc) is 2.67. The first-order valence-electron chi connectivity index (χ1n) is 4.59. The van der Waals surface area contributed by atoms with Gasteiger partial charge < -0.3 is 0 Å². The van der Waals surface area contributed by atoms with Crippen LogP contribution < -0.4 is 0 Å². The molecule has 72 valence electrons. The number of nitrogens with zero attached hydrogens (tertiary/aromatic N) is 1. The van der Waals surface area contributed by atoms with Crippen LogP contribution in [0.3, 0.4) is 0 Å². The van der Waals surface area contributed by atoms with Crippen LogP contribution in [0.1, 0.15) is 12.5 Å². The first-order valence-corrected chi connectivity index (χ1v) is 4.97. The van der Waals surface area contributed by atoms with E-state index in [9.17, 15) is 0 Å². The topological polar surface area (TPSA) is 28.7 Å². The number of rotatable bonds is 2. The normalized spacial score (nSPS) is 10.4. The molecule has 1 aromatic heterocycles. The van der Waals surface area contributed by atoms with Gasteiger partial charge in [0.1, 0.15) is 0 Å². The summed E-state index contributed by atoms with van der Waals surface area (Å²) in [4.78, 5) is 0. The molecule has 0 spiro atoms. The van der Waals surface area contributed by atoms with Gasteiger partial charge in [0.05, 0.1) is 11.9 Å². The molecule has 1 N–H and O–H groups in total. The third kappa shape index (κ3) is 1.66. The van der Waals surface area contributed by atoms with Crippen molar-refractivity contribution < 1.29 is 0 Å². The molecule has 0 aliphatic heterocycles. The van der Waals surface area contributed by atoms with Crippen molar-refractivity contribution in [2.45, 2.75) is 13.3 Å². The van der Waals surface area contributed by atoms with Gasteiger partial charge in [-0.15, -0.1) is 0 Å². The molecule has 0 aliphatic rings. The average molecular weight is 207 g/mol. The molecule has 2 rings (SSSR count). The number of hydrogen-bond acceptors (Lipinski definition) is 1. The second-order valence-corrected chi connectivity index (χ2v) is 3.57. The van der Waals surface area contributed by atoms with E-state index in [-0.39, 0.29) is 0 Å². The van der Waals surface area contributed by atoms with E-state index in [0.29, 0.717) is 0 Å². The van der Waals surface area contributed by atoms with Gasteiger partial charge in [-0.05, 0) is 29.7 Å². The van der Waals surface area contributed by atoms with Gasteiger partial charge >= 0.3 is 0 Å². The van der Waals surface area contributed by atoms with Crippen molar-refractivity contribution in [3.8, 4) is 11.3 Å². The van der Waals surface area contributed by atoms with Crippen molar-refractivity contribution in [2.24, 2.45) is 0 Å². The number of benzene rings is 1. The summed E-state index contributed by atoms with van der Waals surface area (Å²) >= 11 is 5.82. The van der Waals surface area contributed by atoms with E-state index in [1.54, 1.807) is 0 Å². The Hall–Kier alpha value is -1.28. The number of H-pyrrole nitrogens is 1. The van der Waals surface area contributed by atoms with Gasteiger partial charge in [-0.3, -0.25) is 5.10 Å². The van der Waals surface area contributed by atoms with Gasteiger partial charge in [0.15, 0.2) is 0 Å². The van der Waals surface area contributed by atoms with Crippen LogP contribution in [0.15, 0.2) is 30.5 Å². The largest absolute Gasteiger partial charge is 0.278 e. The summed E-state index contributed by atoms with van der Waals surface area (Å²) < 4.78 is 0. The zero-order valence-electron chi connectivity index (χ0n) is 7.92. The molecule has 0 fully saturated rings. The van der Waals surface area contributed by atoms with E-state index < -0.39 is 0 Å². The lowest BCUT2D eigenvalue weighted by molar-refractivity contribution is 1.10. The lowest BCUT2D eigenvalue weighted by Gasteiger charge is -2.00. The minimum absolute atomic E-state index is 0.756. The van der Waals surface area contributed by atoms with Gasteiger partial charge in [0.2, 0.25) is 0 Å². The van der Waals surface area contributed by atoms with Crippen molar-refractivity contribution >= 4 is 11.6 Å². The fraction of sp³-hybridized carbons (Fsp3) is 0.182. The fourth-order valence-corrected chi connectivity index (χ4v) is 1.57. The van der Waals surface area contributed by atoms with Crippen LogP contribution in [0.2, 0.25) is 5.02 Å². The van der Waals surface area contributed by atoms with Gasteiger partial charge in [-0.1, -0.05) is 30.7 Å². The summed E-state index contributed by atoms with van der Waals surface area (Å²) in [6, 6.07) is 7.76. The number of aryl methyl sites for hydroxylation is 1. The number of nitrogens with one attached hydrogen (secondary N) is 1. The molecule has 1 heterocycles. The Morgan fingerprint density at radius 2 is 2.00 bits per heavy atom. The Bertz CT molecular complexity index is 417. The Labute approximate surface area is 87.9 Å². The Balaban J connectivity index is 2.44. The minimum atomic E-state index is 0.756. The smallest absolute Gasteiger partial charge is 0.0682 e. The van der Waals surface area contributed by atoms with Crippen LogP contribution in [0.25, 0.3) is 11.3 Å². The fourth-order valence-electron chi connectivity index (χ4n) is 1.45. The first kappa shape index (κ1) is 9.28. The van der Waals surface area contributed by atoms with Crippen molar-refractivity contribution in [3.63, 3.8) is 0 Å². The Morgan fingerprint density at radius 1 is 1.29 bits per heavy atom. The molecule has 2 nitrogen and oxygen atoms in total. The standard InChI is InChI=1S/C11H11ClN2/c1-2-8-7-13-14-11(8)9-3-5-10(12)6-4-9/h3-7H,2H2,1H3,(H,13,14). The highest BCUT2D eigenvalue weighted by atomic mass is 35.5. The molecule has 0 unspecified atom stereocenters. The molecule has 0 radical (unpaired) electrons. The molecule has 14 heavy (non-hydrogen) atoms. The van der Waals surface area contributed by atoms with Crippen molar-refractivity contribution in [3.05, 3.63) is 41.0 Å². The van der Waals surface area contributed by atoms with Gasteiger partial charge in [-0.2, -0.15) is 5.10 Å². The zero-order chi connectivity index (χ0) is 9.97. The second-order valence-electron chi connectivity index (χ2n) is 3.13. The maximum absolute atomic E-state index is 5.82. The highest BCUT2D eigenvalue weighted by Gasteiger charge is 2.04. The van der Waals surface area contributed by atoms with E-state index in [1.807, 2.05) is 30.5 Å². The summed E-state index contributed by atoms with van der Waals surface area (Å²) in [7, 11) is 0. The van der Waals surface area contributed by atoms with Crippen LogP contribution in [0.5, 0.6) is 0 Å². The van der Waals surface area contributed by atoms with Gasteiger partial charge in [0, 0.05) is 5.02 Å². The first-order chi connectivity index (χ1) is 6.81. The Kier molecular flexibility index (Phi) is 2.55. The summed E-state index contributed by atoms with van der Waals surface area (Å²) in [6.07, 6.45) is 2.85. The number of aromatic amines is 1. The van der Waals surface area contributed by atoms with Crippen LogP contribution in [0.4, 0.5) is 0 Å². The van der Waals surface area contributed by atoms with Crippen molar-refractivity contribution in [1.29, 1.82) is 0 Å². The predicted octanol–water partition coefficient (Wildman–Crippen LogP) is 3.29. The van der Waals surface area contributed by atoms with E-state index in [1.165, 1.54) is 5.56 Å². The maximum Gasteiger partial charge on any atom is 0.0682 e. The number of hydrogen-bond donors (Lipinski definition) is 1. The Morgan fingerprint density at radius 3 is 2.64 bits per heavy atom. The van der Waals surface area contributed by atoms with Crippen LogP contribution in [-0.4, -0.2) is 10.2 Å². The van der Waals surface area contributed by atoms with E-state index in [4.69, 9.17) is 11.6 Å². The van der Waals surface area contributed by atoms with Crippen LogP contribution in [0, 0.1) is 0 Å². The van der Waals surface area contributed by atoms with E-state index in [0.717, 1.165) is 22.7 Å². The van der Waals surface area contributed by atoms with Crippen molar-refractivity contribution in [1.82, 2.24) is 10.2 Å². The molecule has 0 atom stereocenters. The molecule has 3 heteroatoms. The van der Waals surface area contributed by atoms with Crippen LogP contribution >= 0.6 is 11.6 Å². The SMILES string of the molecule is CCc1cn[nH]c1-c1ccc(Cl)cc1. The number of halogens is 1. The van der Waals surface area contributed by atoms with Crippen molar-refractivity contribution in [2.75, 3.05) is 0 Å². The third-order valence-electron chi connectivity index (χ3n) is 2.23. The lowest BCUT2D eigenvalue weighted by atomic mass is 10.1. The van der Waals surface area contributed by atoms with E-state index >= 15 is 0 Å². The molecular formula is C11H11ClN2. The minimum Gasteiger partial charge on any atom is -0.278 e. The molecule has 0 aliphatic carbocycles. The summed E-state index contributed by atoms with van der Waals surface area (Å²) in [5, 5.41) is 7.79. The lowest BCUT2D eigenvalue weighted by Crippen LogP contribution is -1.83. The molecule has 1 aromatic carbocycles. The molecule has 0 saturated heterocycles. The highest BCUT2D eigenvalue weighted by molar-refractivity contribution is 6.30. The molecule has 0 saturated carbocycles. The predicted molar refractivity (Wildman–Crippen MR) is 58.4 cm³/mol. The third-order valence-corrected chi connectivity index (χ3v) is 2.48. The molecule has 2 aromatic rings. The maximum atomic E-state index is 5.82. The second kappa shape index (κ2) is 3.84. The zero-order valence-corrected chi connectivity index (χ0v) is 8.67. The summed E-state index contributed by atoms with van der Waals surface area (Å²) in [5.41, 5.74) is 3.44. The quantitative estimate of drug-likeness (QED) is 0.803. The molecular weight excluding hydrogens is 196 g/mol. The van der Waals surface area contributed by atoms with Crippen LogP contribution in [-0.2, 0) is 6.42 Å². The summed E-state index contributed by atoms with van der Waals surface area (Å²) in [5.74, 6) is 0. The van der Waals surface area contributed by atoms with Gasteiger partial charge in [-0.25, -0.2) is 0 Å². The molecule has 0 bridgehead atoms. The number of aromatic nitrogens is 2. The van der Waals surface area contributed by atoms with E-state index in [2.05, 4.69) is 17.1 Å². The molecule has 0 amide bonds. The summed E-state index contributed by atoms with van der Waals surface area (Å²) in [6.45, 7) is 2.12.